The Morgan fingerprint density at radius 1 is 0.925 bits per heavy atom. The Morgan fingerprint density at radius 2 is 1.50 bits per heavy atom. The van der Waals surface area contributed by atoms with E-state index < -0.39 is 35.8 Å². The van der Waals surface area contributed by atoms with Crippen LogP contribution in [0.5, 0.6) is 0 Å². The van der Waals surface area contributed by atoms with Gasteiger partial charge in [0.05, 0.1) is 17.2 Å². The maximum Gasteiger partial charge on any atom is 0.327 e. The number of fused-ring (bicyclic) bond motifs is 1. The number of nitrogens with zero attached hydrogens (tertiary/aromatic N) is 1. The SMILES string of the molecule is CC(C)=CCC/C(C)=C/CC/C(C)=C/CSC[C@H](NC(=O)CCC(C=O)N1C(=O)c2ccccc2C1=O)C(=O)O. The number of carbonyl (C=O) groups is 5. The number of hydrogen-bond donors (Lipinski definition) is 2. The molecule has 40 heavy (non-hydrogen) atoms. The van der Waals surface area contributed by atoms with Crippen molar-refractivity contribution in [1.29, 1.82) is 0 Å². The van der Waals surface area contributed by atoms with Gasteiger partial charge in [0.15, 0.2) is 0 Å². The van der Waals surface area contributed by atoms with Gasteiger partial charge in [-0.3, -0.25) is 19.3 Å². The van der Waals surface area contributed by atoms with Crippen LogP contribution in [0.3, 0.4) is 0 Å². The number of aliphatic carboxylic acids is 1. The molecule has 0 fully saturated rings. The van der Waals surface area contributed by atoms with Crippen LogP contribution in [0.25, 0.3) is 0 Å². The first kappa shape index (κ1) is 32.8. The molecule has 2 N–H and O–H groups in total. The standard InChI is InChI=1S/C31H40N2O6S/c1-21(2)9-7-10-22(3)11-8-12-23(4)17-18-40-20-27(31(38)39)32-28(35)16-15-24(19-34)33-29(36)25-13-5-6-14-26(25)30(33)37/h5-6,9,11,13-14,17,19,24,27H,7-8,10,12,15-16,18,20H2,1-4H3,(H,32,35)(H,38,39)/b22-11+,23-17+/t24?,27-/m0/s1. The van der Waals surface area contributed by atoms with Gasteiger partial charge in [-0.15, -0.1) is 0 Å². The van der Waals surface area contributed by atoms with Crippen molar-refractivity contribution in [2.24, 2.45) is 0 Å². The number of nitrogens with one attached hydrogen (secondary N) is 1. The predicted molar refractivity (Wildman–Crippen MR) is 158 cm³/mol. The Labute approximate surface area is 241 Å². The summed E-state index contributed by atoms with van der Waals surface area (Å²) in [6, 6.07) is 4.09. The van der Waals surface area contributed by atoms with Crippen LogP contribution in [0.4, 0.5) is 0 Å². The minimum Gasteiger partial charge on any atom is -0.480 e. The van der Waals surface area contributed by atoms with Crippen LogP contribution < -0.4 is 5.32 Å². The highest BCUT2D eigenvalue weighted by Crippen LogP contribution is 2.25. The van der Waals surface area contributed by atoms with Gasteiger partial charge in [-0.25, -0.2) is 4.79 Å². The predicted octanol–water partition coefficient (Wildman–Crippen LogP) is 5.35. The average Bonchev–Trinajstić information content (AvgIpc) is 3.16. The Morgan fingerprint density at radius 3 is 2.05 bits per heavy atom. The van der Waals surface area contributed by atoms with E-state index >= 15 is 0 Å². The van der Waals surface area contributed by atoms with Gasteiger partial charge in [0, 0.05) is 17.9 Å². The largest absolute Gasteiger partial charge is 0.480 e. The first-order valence-corrected chi connectivity index (χ1v) is 14.7. The lowest BCUT2D eigenvalue weighted by Crippen LogP contribution is -2.44. The summed E-state index contributed by atoms with van der Waals surface area (Å²) in [5, 5.41) is 12.0. The number of hydrogen-bond acceptors (Lipinski definition) is 6. The first-order valence-electron chi connectivity index (χ1n) is 13.5. The molecular weight excluding hydrogens is 528 g/mol. The third-order valence-corrected chi connectivity index (χ3v) is 7.54. The third-order valence-electron chi connectivity index (χ3n) is 6.57. The molecule has 1 aliphatic heterocycles. The van der Waals surface area contributed by atoms with Crippen molar-refractivity contribution >= 4 is 41.7 Å². The summed E-state index contributed by atoms with van der Waals surface area (Å²) in [4.78, 5) is 62.0. The second-order valence-corrected chi connectivity index (χ2v) is 11.3. The van der Waals surface area contributed by atoms with E-state index in [0.717, 1.165) is 30.6 Å². The zero-order valence-corrected chi connectivity index (χ0v) is 24.6. The molecule has 0 saturated heterocycles. The lowest BCUT2D eigenvalue weighted by Gasteiger charge is -2.21. The highest BCUT2D eigenvalue weighted by atomic mass is 32.2. The lowest BCUT2D eigenvalue weighted by molar-refractivity contribution is -0.141. The number of allylic oxidation sites excluding steroid dienone is 5. The van der Waals surface area contributed by atoms with E-state index in [2.05, 4.69) is 51.2 Å². The highest BCUT2D eigenvalue weighted by molar-refractivity contribution is 7.99. The van der Waals surface area contributed by atoms with Crippen molar-refractivity contribution in [3.05, 3.63) is 70.3 Å². The third kappa shape index (κ3) is 10.3. The van der Waals surface area contributed by atoms with Crippen molar-refractivity contribution in [1.82, 2.24) is 10.2 Å². The maximum atomic E-state index is 12.6. The van der Waals surface area contributed by atoms with Crippen LogP contribution in [0.15, 0.2) is 59.2 Å². The van der Waals surface area contributed by atoms with Crippen molar-refractivity contribution in [2.45, 2.75) is 78.3 Å². The molecule has 0 spiro atoms. The number of carboxylic acid groups (broad SMARTS) is 1. The van der Waals surface area contributed by atoms with Gasteiger partial charge in [-0.2, -0.15) is 11.8 Å². The monoisotopic (exact) mass is 568 g/mol. The number of aldehydes is 1. The summed E-state index contributed by atoms with van der Waals surface area (Å²) in [6.45, 7) is 8.41. The number of thioether (sulfide) groups is 1. The van der Waals surface area contributed by atoms with Crippen LogP contribution in [-0.4, -0.2) is 63.6 Å². The molecular formula is C31H40N2O6S. The fraction of sp³-hybridized carbons (Fsp3) is 0.452. The van der Waals surface area contributed by atoms with Gasteiger partial charge in [0.1, 0.15) is 12.3 Å². The van der Waals surface area contributed by atoms with Gasteiger partial charge in [-0.1, -0.05) is 47.1 Å². The summed E-state index contributed by atoms with van der Waals surface area (Å²) in [6.07, 6.45) is 10.8. The highest BCUT2D eigenvalue weighted by Gasteiger charge is 2.39. The zero-order valence-electron chi connectivity index (χ0n) is 23.8. The van der Waals surface area contributed by atoms with Crippen molar-refractivity contribution in [3.8, 4) is 0 Å². The van der Waals surface area contributed by atoms with Crippen LogP contribution in [0.2, 0.25) is 0 Å². The van der Waals surface area contributed by atoms with E-state index in [9.17, 15) is 29.1 Å². The van der Waals surface area contributed by atoms with E-state index in [1.807, 2.05) is 0 Å². The summed E-state index contributed by atoms with van der Waals surface area (Å²) < 4.78 is 0. The van der Waals surface area contributed by atoms with E-state index in [4.69, 9.17) is 0 Å². The number of carboxylic acids is 1. The van der Waals surface area contributed by atoms with Crippen LogP contribution in [0, 0.1) is 0 Å². The van der Waals surface area contributed by atoms with Crippen LogP contribution in [-0.2, 0) is 14.4 Å². The minimum absolute atomic E-state index is 0.0922. The molecule has 0 aliphatic carbocycles. The number of amides is 3. The molecule has 3 amide bonds. The Kier molecular flexibility index (Phi) is 13.6. The Balaban J connectivity index is 1.77. The second kappa shape index (κ2) is 16.6. The minimum atomic E-state index is -1.15. The van der Waals surface area contributed by atoms with E-state index in [1.165, 1.54) is 40.6 Å². The fourth-order valence-corrected chi connectivity index (χ4v) is 5.21. The summed E-state index contributed by atoms with van der Waals surface area (Å²) >= 11 is 1.41. The molecule has 8 nitrogen and oxygen atoms in total. The maximum absolute atomic E-state index is 12.6. The molecule has 1 unspecified atom stereocenters. The van der Waals surface area contributed by atoms with Crippen molar-refractivity contribution in [3.63, 3.8) is 0 Å². The molecule has 2 atom stereocenters. The van der Waals surface area contributed by atoms with Gasteiger partial charge in [-0.05, 0) is 71.9 Å². The zero-order chi connectivity index (χ0) is 29.7. The molecule has 0 bridgehead atoms. The van der Waals surface area contributed by atoms with E-state index in [1.54, 1.807) is 12.1 Å². The number of benzene rings is 1. The molecule has 216 valence electrons. The van der Waals surface area contributed by atoms with Crippen molar-refractivity contribution < 1.29 is 29.1 Å². The molecule has 9 heteroatoms. The topological polar surface area (TPSA) is 121 Å². The van der Waals surface area contributed by atoms with E-state index in [-0.39, 0.29) is 29.7 Å². The smallest absolute Gasteiger partial charge is 0.327 e. The molecule has 1 aromatic rings. The average molecular weight is 569 g/mol. The quantitative estimate of drug-likeness (QED) is 0.112. The van der Waals surface area contributed by atoms with E-state index in [0.29, 0.717) is 12.0 Å². The molecule has 0 saturated carbocycles. The van der Waals surface area contributed by atoms with Crippen LogP contribution in [0.1, 0.15) is 86.9 Å². The second-order valence-electron chi connectivity index (χ2n) is 10.2. The summed E-state index contributed by atoms with van der Waals surface area (Å²) in [5.74, 6) is -2.05. The Bertz CT molecular complexity index is 1150. The summed E-state index contributed by atoms with van der Waals surface area (Å²) in [5.41, 5.74) is 4.38. The molecule has 2 rings (SSSR count). The fourth-order valence-electron chi connectivity index (χ4n) is 4.21. The number of rotatable bonds is 17. The molecule has 0 radical (unpaired) electrons. The van der Waals surface area contributed by atoms with Gasteiger partial charge in [0.2, 0.25) is 5.91 Å². The molecule has 1 heterocycles. The molecule has 1 aliphatic rings. The number of imide groups is 1. The number of carbonyl (C=O) groups excluding carboxylic acids is 4. The lowest BCUT2D eigenvalue weighted by atomic mass is 10.1. The van der Waals surface area contributed by atoms with Crippen molar-refractivity contribution in [2.75, 3.05) is 11.5 Å². The van der Waals surface area contributed by atoms with Gasteiger partial charge in [0.25, 0.3) is 11.8 Å². The van der Waals surface area contributed by atoms with Gasteiger partial charge >= 0.3 is 5.97 Å². The molecule has 1 aromatic carbocycles. The van der Waals surface area contributed by atoms with Crippen LogP contribution >= 0.6 is 11.8 Å². The first-order chi connectivity index (χ1) is 19.0. The normalized spacial score (nSPS) is 14.9. The summed E-state index contributed by atoms with van der Waals surface area (Å²) in [7, 11) is 0. The molecule has 0 aromatic heterocycles. The van der Waals surface area contributed by atoms with Gasteiger partial charge < -0.3 is 15.2 Å². The Hall–Kier alpha value is -3.46.